The summed E-state index contributed by atoms with van der Waals surface area (Å²) < 4.78 is 5.10. The predicted octanol–water partition coefficient (Wildman–Crippen LogP) is 3.15. The van der Waals surface area contributed by atoms with Gasteiger partial charge in [-0.25, -0.2) is 0 Å². The molecule has 0 aliphatic heterocycles. The molecule has 1 amide bonds. The van der Waals surface area contributed by atoms with Crippen molar-refractivity contribution in [2.45, 2.75) is 12.6 Å². The van der Waals surface area contributed by atoms with E-state index in [-0.39, 0.29) is 17.5 Å². The van der Waals surface area contributed by atoms with Gasteiger partial charge < -0.3 is 26.2 Å². The van der Waals surface area contributed by atoms with Crippen LogP contribution in [0.1, 0.15) is 22.7 Å². The molecule has 3 aromatic rings. The van der Waals surface area contributed by atoms with Crippen LogP contribution in [0.2, 0.25) is 0 Å². The van der Waals surface area contributed by atoms with E-state index in [1.807, 2.05) is 30.3 Å². The molecule has 154 valence electrons. The first-order valence-corrected chi connectivity index (χ1v) is 9.37. The highest BCUT2D eigenvalue weighted by molar-refractivity contribution is 5.95. The lowest BCUT2D eigenvalue weighted by Crippen LogP contribution is -2.33. The summed E-state index contributed by atoms with van der Waals surface area (Å²) in [6.45, 7) is 0.378. The van der Waals surface area contributed by atoms with Gasteiger partial charge in [-0.05, 0) is 47.5 Å². The summed E-state index contributed by atoms with van der Waals surface area (Å²) >= 11 is 0. The molecule has 1 unspecified atom stereocenters. The molecule has 0 spiro atoms. The Balaban J connectivity index is 1.84. The van der Waals surface area contributed by atoms with Crippen molar-refractivity contribution in [3.63, 3.8) is 0 Å². The third-order valence-corrected chi connectivity index (χ3v) is 4.61. The van der Waals surface area contributed by atoms with Crippen LogP contribution in [0.3, 0.4) is 0 Å². The Labute approximate surface area is 175 Å². The number of benzene rings is 3. The molecule has 7 heteroatoms. The number of carbonyl (C=O) groups excluding carboxylic acids is 1. The number of amidine groups is 1. The molecule has 1 atom stereocenters. The molecule has 30 heavy (non-hydrogen) atoms. The van der Waals surface area contributed by atoms with Gasteiger partial charge in [0.05, 0.1) is 7.11 Å². The Kier molecular flexibility index (Phi) is 6.54. The van der Waals surface area contributed by atoms with Crippen molar-refractivity contribution < 1.29 is 14.6 Å². The van der Waals surface area contributed by atoms with Crippen molar-refractivity contribution in [2.75, 3.05) is 12.4 Å². The van der Waals surface area contributed by atoms with Crippen molar-refractivity contribution in [3.8, 4) is 11.5 Å². The average Bonchev–Trinajstić information content (AvgIpc) is 2.76. The Morgan fingerprint density at radius 2 is 1.80 bits per heavy atom. The zero-order valence-electron chi connectivity index (χ0n) is 16.6. The minimum Gasteiger partial charge on any atom is -0.504 e. The van der Waals surface area contributed by atoms with Crippen LogP contribution in [0, 0.1) is 5.41 Å². The summed E-state index contributed by atoms with van der Waals surface area (Å²) in [6.07, 6.45) is 0. The molecular weight excluding hydrogens is 380 g/mol. The molecule has 0 aliphatic carbocycles. The second-order valence-corrected chi connectivity index (χ2v) is 6.70. The van der Waals surface area contributed by atoms with Crippen molar-refractivity contribution >= 4 is 17.4 Å². The van der Waals surface area contributed by atoms with Crippen LogP contribution < -0.4 is 21.1 Å². The van der Waals surface area contributed by atoms with Gasteiger partial charge in [0.2, 0.25) is 5.91 Å². The number of methoxy groups -OCH3 is 1. The fraction of sp³-hybridized carbons (Fsp3) is 0.130. The minimum absolute atomic E-state index is 0.0289. The highest BCUT2D eigenvalue weighted by Crippen LogP contribution is 2.30. The Hall–Kier alpha value is -4.00. The number of rotatable bonds is 8. The topological polar surface area (TPSA) is 120 Å². The molecule has 0 aromatic heterocycles. The van der Waals surface area contributed by atoms with Crippen molar-refractivity contribution in [1.82, 2.24) is 5.32 Å². The predicted molar refractivity (Wildman–Crippen MR) is 117 cm³/mol. The van der Waals surface area contributed by atoms with Gasteiger partial charge in [0.1, 0.15) is 11.9 Å². The molecule has 0 aliphatic rings. The normalized spacial score (nSPS) is 11.4. The zero-order valence-corrected chi connectivity index (χ0v) is 16.6. The number of nitrogens with two attached hydrogens (primary N) is 1. The van der Waals surface area contributed by atoms with Gasteiger partial charge in [-0.1, -0.05) is 36.4 Å². The number of phenols is 1. The molecule has 6 N–H and O–H groups in total. The third kappa shape index (κ3) is 5.08. The lowest BCUT2D eigenvalue weighted by molar-refractivity contribution is -0.122. The number of aromatic hydroxyl groups is 1. The highest BCUT2D eigenvalue weighted by Gasteiger charge is 2.22. The van der Waals surface area contributed by atoms with Gasteiger partial charge in [-0.15, -0.1) is 0 Å². The lowest BCUT2D eigenvalue weighted by Gasteiger charge is -2.21. The number of hydrogen-bond acceptors (Lipinski definition) is 5. The number of nitrogen functional groups attached to an aromatic ring is 1. The van der Waals surface area contributed by atoms with Crippen LogP contribution in [0.15, 0.2) is 72.8 Å². The SMILES string of the molecule is COc1ccc(C(Nc2ccc(C(=N)N)cc2)C(=O)NCc2ccccc2)cc1O. The van der Waals surface area contributed by atoms with Gasteiger partial charge in [-0.2, -0.15) is 0 Å². The number of amides is 1. The number of hydrogen-bond donors (Lipinski definition) is 5. The Bertz CT molecular complexity index is 1020. The molecule has 0 bridgehead atoms. The van der Waals surface area contributed by atoms with E-state index in [1.54, 1.807) is 36.4 Å². The number of carbonyl (C=O) groups is 1. The van der Waals surface area contributed by atoms with E-state index in [1.165, 1.54) is 13.2 Å². The number of ether oxygens (including phenoxy) is 1. The zero-order chi connectivity index (χ0) is 21.5. The maximum atomic E-state index is 13.0. The summed E-state index contributed by atoms with van der Waals surface area (Å²) in [5.74, 6) is -0.00422. The molecule has 3 aromatic carbocycles. The molecular formula is C23H24N4O3. The van der Waals surface area contributed by atoms with Crippen LogP contribution in [-0.4, -0.2) is 24.0 Å². The van der Waals surface area contributed by atoms with Crippen molar-refractivity contribution in [1.29, 1.82) is 5.41 Å². The van der Waals surface area contributed by atoms with Gasteiger partial charge in [0.25, 0.3) is 0 Å². The maximum absolute atomic E-state index is 13.0. The molecule has 0 heterocycles. The molecule has 0 saturated carbocycles. The highest BCUT2D eigenvalue weighted by atomic mass is 16.5. The first-order valence-electron chi connectivity index (χ1n) is 9.37. The average molecular weight is 404 g/mol. The molecule has 7 nitrogen and oxygen atoms in total. The van der Waals surface area contributed by atoms with E-state index in [4.69, 9.17) is 15.9 Å². The lowest BCUT2D eigenvalue weighted by atomic mass is 10.0. The minimum atomic E-state index is -0.756. The van der Waals surface area contributed by atoms with Crippen LogP contribution in [0.25, 0.3) is 0 Å². The third-order valence-electron chi connectivity index (χ3n) is 4.61. The largest absolute Gasteiger partial charge is 0.504 e. The smallest absolute Gasteiger partial charge is 0.247 e. The molecule has 3 rings (SSSR count). The Morgan fingerprint density at radius 3 is 2.40 bits per heavy atom. The molecule has 0 saturated heterocycles. The van der Waals surface area contributed by atoms with Crippen LogP contribution >= 0.6 is 0 Å². The van der Waals surface area contributed by atoms with Crippen LogP contribution in [0.4, 0.5) is 5.69 Å². The first-order chi connectivity index (χ1) is 14.5. The quantitative estimate of drug-likeness (QED) is 0.292. The van der Waals surface area contributed by atoms with E-state index in [2.05, 4.69) is 10.6 Å². The molecule has 0 radical (unpaired) electrons. The van der Waals surface area contributed by atoms with Gasteiger partial charge in [0, 0.05) is 17.8 Å². The summed E-state index contributed by atoms with van der Waals surface area (Å²) in [4.78, 5) is 13.0. The summed E-state index contributed by atoms with van der Waals surface area (Å²) in [5.41, 5.74) is 8.33. The fourth-order valence-electron chi connectivity index (χ4n) is 2.99. The van der Waals surface area contributed by atoms with E-state index < -0.39 is 6.04 Å². The maximum Gasteiger partial charge on any atom is 0.247 e. The van der Waals surface area contributed by atoms with Gasteiger partial charge in [0.15, 0.2) is 11.5 Å². The van der Waals surface area contributed by atoms with E-state index in [0.717, 1.165) is 5.56 Å². The van der Waals surface area contributed by atoms with E-state index >= 15 is 0 Å². The van der Waals surface area contributed by atoms with E-state index in [0.29, 0.717) is 29.1 Å². The Morgan fingerprint density at radius 1 is 1.10 bits per heavy atom. The monoisotopic (exact) mass is 404 g/mol. The van der Waals surface area contributed by atoms with Crippen LogP contribution in [0.5, 0.6) is 11.5 Å². The number of nitrogens with one attached hydrogen (secondary N) is 3. The number of phenolic OH excluding ortho intramolecular Hbond substituents is 1. The summed E-state index contributed by atoms with van der Waals surface area (Å²) in [5, 5.41) is 23.8. The number of anilines is 1. The van der Waals surface area contributed by atoms with Gasteiger partial charge >= 0.3 is 0 Å². The standard InChI is InChI=1S/C23H24N4O3/c1-30-20-12-9-17(13-19(20)28)21(23(29)26-14-15-5-3-2-4-6-15)27-18-10-7-16(8-11-18)22(24)25/h2-13,21,27-28H,14H2,1H3,(H3,24,25)(H,26,29). The van der Waals surface area contributed by atoms with Crippen molar-refractivity contribution in [3.05, 3.63) is 89.5 Å². The van der Waals surface area contributed by atoms with Crippen LogP contribution in [-0.2, 0) is 11.3 Å². The molecule has 0 fully saturated rings. The summed E-state index contributed by atoms with van der Waals surface area (Å²) in [6, 6.07) is 20.6. The second kappa shape index (κ2) is 9.47. The van der Waals surface area contributed by atoms with Gasteiger partial charge in [-0.3, -0.25) is 10.2 Å². The second-order valence-electron chi connectivity index (χ2n) is 6.70. The first kappa shape index (κ1) is 20.7. The van der Waals surface area contributed by atoms with E-state index in [9.17, 15) is 9.90 Å². The summed E-state index contributed by atoms with van der Waals surface area (Å²) in [7, 11) is 1.47. The fourth-order valence-corrected chi connectivity index (χ4v) is 2.99. The van der Waals surface area contributed by atoms with Crippen molar-refractivity contribution in [2.24, 2.45) is 5.73 Å².